The molecule has 4 aliphatic heterocycles. The van der Waals surface area contributed by atoms with Gasteiger partial charge in [0.25, 0.3) is 23.6 Å². The van der Waals surface area contributed by atoms with Crippen molar-refractivity contribution in [2.75, 3.05) is 26.2 Å². The van der Waals surface area contributed by atoms with Crippen LogP contribution in [-0.4, -0.2) is 69.4 Å². The van der Waals surface area contributed by atoms with E-state index in [4.69, 9.17) is 8.83 Å². The van der Waals surface area contributed by atoms with Crippen LogP contribution in [0, 0.1) is 51.4 Å². The van der Waals surface area contributed by atoms with Gasteiger partial charge in [-0.2, -0.15) is 0 Å². The molecular weight excluding hydrogens is 1740 g/mol. The molecule has 716 valence electrons. The summed E-state index contributed by atoms with van der Waals surface area (Å²) in [6.45, 7) is 29.2. The van der Waals surface area contributed by atoms with Crippen LogP contribution in [-0.2, 0) is 19.2 Å². The SMILES string of the molecule is CCCCCCCCC(CCCCCC)CN1C(=O)C2=C(c3ccc(-c4cc5ccc6cc(C)sc6c5s4)o3)N(CC(CCCCCC)CCCCCCCC)C(=O)C2=C1c1ccc(C)o1.CCCCCCCCC(CCCCCC)CN1C(=O)C2=C(c3ccc(-c4cc5ccc6cc(C)sc6c5s4)s3)N(CC(CCCCCC)CCCCCCCC)C(=O)C2=C1c1ccc(C)s1. The summed E-state index contributed by atoms with van der Waals surface area (Å²) >= 11 is 10.9. The summed E-state index contributed by atoms with van der Waals surface area (Å²) in [6.07, 6.45) is 58.5. The molecule has 16 heteroatoms. The molecule has 2 aromatic carbocycles. The number of nitrogens with zero attached hydrogens (tertiary/aromatic N) is 4. The maximum Gasteiger partial charge on any atom is 0.261 e. The summed E-state index contributed by atoms with van der Waals surface area (Å²) in [4.78, 5) is 79.9. The highest BCUT2D eigenvalue weighted by Crippen LogP contribution is 2.54. The molecule has 0 saturated carbocycles. The number of hydrogen-bond acceptors (Lipinski definition) is 12. The van der Waals surface area contributed by atoms with Gasteiger partial charge >= 0.3 is 0 Å². The predicted octanol–water partition coefficient (Wildman–Crippen LogP) is 37.1. The maximum atomic E-state index is 15.6. The molecule has 0 aliphatic carbocycles. The van der Waals surface area contributed by atoms with Gasteiger partial charge in [0.2, 0.25) is 0 Å². The molecule has 0 saturated heterocycles. The fourth-order valence-corrected chi connectivity index (χ4v) is 27.8. The number of thiophene rings is 6. The number of fused-ring (bicyclic) bond motifs is 8. The van der Waals surface area contributed by atoms with Crippen LogP contribution in [0.15, 0.2) is 128 Å². The van der Waals surface area contributed by atoms with E-state index in [1.807, 2.05) is 75.0 Å². The summed E-state index contributed by atoms with van der Waals surface area (Å²) in [7, 11) is 0. The van der Waals surface area contributed by atoms with Crippen molar-refractivity contribution in [2.24, 2.45) is 23.7 Å². The van der Waals surface area contributed by atoms with Crippen molar-refractivity contribution in [3.63, 3.8) is 0 Å². The third-order valence-corrected chi connectivity index (χ3v) is 35.6. The zero-order chi connectivity index (χ0) is 92.8. The Hall–Kier alpha value is -6.92. The first kappa shape index (κ1) is 102. The maximum absolute atomic E-state index is 15.6. The molecule has 0 bridgehead atoms. The average Bonchev–Trinajstić information content (AvgIpc) is 1.55. The van der Waals surface area contributed by atoms with Crippen LogP contribution in [0.2, 0.25) is 0 Å². The number of benzene rings is 2. The van der Waals surface area contributed by atoms with Crippen molar-refractivity contribution in [3.8, 4) is 20.4 Å². The van der Waals surface area contributed by atoms with Crippen molar-refractivity contribution in [3.05, 3.63) is 161 Å². The van der Waals surface area contributed by atoms with Gasteiger partial charge in [0.05, 0.1) is 67.1 Å². The molecule has 4 aliphatic rings. The Kier molecular flexibility index (Phi) is 40.8. The van der Waals surface area contributed by atoms with Crippen molar-refractivity contribution in [1.82, 2.24) is 19.6 Å². The van der Waals surface area contributed by atoms with E-state index >= 15 is 19.2 Å². The van der Waals surface area contributed by atoms with E-state index in [0.29, 0.717) is 95.1 Å². The first-order chi connectivity index (χ1) is 64.5. The van der Waals surface area contributed by atoms with E-state index in [0.717, 1.165) is 108 Å². The Labute approximate surface area is 818 Å². The van der Waals surface area contributed by atoms with E-state index in [2.05, 4.69) is 159 Å². The highest BCUT2D eigenvalue weighted by molar-refractivity contribution is 7.31. The minimum Gasteiger partial charge on any atom is -0.460 e. The van der Waals surface area contributed by atoms with Gasteiger partial charge in [0.1, 0.15) is 22.9 Å². The number of unbranched alkanes of at least 4 members (excludes halogenated alkanes) is 32. The lowest BCUT2D eigenvalue weighted by molar-refractivity contribution is -0.124. The van der Waals surface area contributed by atoms with Crippen LogP contribution in [0.5, 0.6) is 0 Å². The van der Waals surface area contributed by atoms with Crippen LogP contribution < -0.4 is 0 Å². The van der Waals surface area contributed by atoms with Crippen LogP contribution in [0.25, 0.3) is 83.5 Å². The Bertz CT molecular complexity index is 5140. The summed E-state index contributed by atoms with van der Waals surface area (Å²) in [5.41, 5.74) is 5.36. The van der Waals surface area contributed by atoms with Crippen LogP contribution in [0.4, 0.5) is 0 Å². The zero-order valence-electron chi connectivity index (χ0n) is 83.0. The molecule has 0 fully saturated rings. The van der Waals surface area contributed by atoms with Gasteiger partial charge in [0.15, 0.2) is 11.5 Å². The van der Waals surface area contributed by atoms with Crippen molar-refractivity contribution in [2.45, 2.75) is 391 Å². The smallest absolute Gasteiger partial charge is 0.261 e. The minimum atomic E-state index is -0.0907. The quantitative estimate of drug-likeness (QED) is 0.0352. The molecule has 0 spiro atoms. The molecule has 8 aromatic heterocycles. The van der Waals surface area contributed by atoms with Gasteiger partial charge in [-0.3, -0.25) is 19.2 Å². The second-order valence-corrected chi connectivity index (χ2v) is 46.5. The molecule has 132 heavy (non-hydrogen) atoms. The first-order valence-corrected chi connectivity index (χ1v) is 57.9. The van der Waals surface area contributed by atoms with E-state index in [1.165, 1.54) is 302 Å². The van der Waals surface area contributed by atoms with Gasteiger partial charge in [-0.1, -0.05) is 336 Å². The molecule has 4 amide bonds. The lowest BCUT2D eigenvalue weighted by Gasteiger charge is -2.29. The summed E-state index contributed by atoms with van der Waals surface area (Å²) in [5.74, 6) is 4.11. The monoisotopic (exact) mass is 1900 g/mol. The molecule has 0 N–H and O–H groups in total. The molecule has 4 atom stereocenters. The molecular formula is C116H160N4O6S6. The number of carbonyl (C=O) groups excluding carboxylic acids is 4. The van der Waals surface area contributed by atoms with Crippen LogP contribution in [0.3, 0.4) is 0 Å². The fourth-order valence-electron chi connectivity index (χ4n) is 21.2. The highest BCUT2D eigenvalue weighted by atomic mass is 32.1. The van der Waals surface area contributed by atoms with Gasteiger partial charge in [-0.05, 0) is 197 Å². The molecule has 4 unspecified atom stereocenters. The number of aryl methyl sites for hydroxylation is 4. The summed E-state index contributed by atoms with van der Waals surface area (Å²) in [5, 5.41) is 5.08. The third-order valence-electron chi connectivity index (χ3n) is 28.6. The largest absolute Gasteiger partial charge is 0.460 e. The number of amides is 4. The standard InChI is InChI=1S/C58H80N2O4S2.C58H80N2O2S4/c1-7-11-15-19-21-25-29-43(27-23-17-13-9-3)39-59-53(48-34-31-41(5)63-48)51-52(58(59)62)54(60(57(51)61)40-44(28-24-18-14-10-4)30-26-22-20-16-12-8-2)49-36-35-47(64-49)50-38-46-33-32-45-37-42(6)65-55(45)56(46)66-50;1-7-11-15-19-21-25-29-43(27-23-17-13-9-3)39-59-53(48-34-31-41(5)63-48)51-52(58(59)62)54(60(57(51)61)40-44(28-24-18-14-10-4)30-26-22-20-16-12-8-2)49-36-35-47(65-49)50-38-46-33-32-45-37-42(6)64-55(45)56(46)66-50/h2*31-38,43-44H,7-30,39-40H2,1-6H3. The topological polar surface area (TPSA) is 108 Å². The van der Waals surface area contributed by atoms with E-state index in [9.17, 15) is 0 Å². The average molecular weight is 1900 g/mol. The second-order valence-electron chi connectivity index (χ2n) is 39.5. The lowest BCUT2D eigenvalue weighted by atomic mass is 9.93. The highest BCUT2D eigenvalue weighted by Gasteiger charge is 2.53. The normalized spacial score (nSPS) is 15.2. The van der Waals surface area contributed by atoms with Gasteiger partial charge in [-0.25, -0.2) is 0 Å². The molecule has 0 radical (unpaired) electrons. The molecule has 10 nitrogen and oxygen atoms in total. The van der Waals surface area contributed by atoms with Crippen molar-refractivity contribution >= 4 is 155 Å². The van der Waals surface area contributed by atoms with Crippen LogP contribution in [0.1, 0.15) is 405 Å². The Morgan fingerprint density at radius 3 is 0.856 bits per heavy atom. The lowest BCUT2D eigenvalue weighted by Crippen LogP contribution is -2.34. The number of rotatable bonds is 62. The third kappa shape index (κ3) is 26.5. The summed E-state index contributed by atoms with van der Waals surface area (Å²) in [6, 6.07) is 34.9. The molecule has 12 heterocycles. The van der Waals surface area contributed by atoms with Gasteiger partial charge in [0, 0.05) is 50.6 Å². The number of carbonyl (C=O) groups is 4. The van der Waals surface area contributed by atoms with Gasteiger partial charge in [-0.15, -0.1) is 68.0 Å². The fraction of sp³-hybridized carbons (Fsp3) is 0.586. The first-order valence-electron chi connectivity index (χ1n) is 53.0. The molecule has 10 aromatic rings. The Balaban J connectivity index is 0.000000224. The molecule has 14 rings (SSSR count). The number of furan rings is 2. The predicted molar refractivity (Wildman–Crippen MR) is 573 cm³/mol. The van der Waals surface area contributed by atoms with Crippen molar-refractivity contribution < 1.29 is 28.0 Å². The number of hydrogen-bond donors (Lipinski definition) is 0. The van der Waals surface area contributed by atoms with E-state index in [-0.39, 0.29) is 23.6 Å². The van der Waals surface area contributed by atoms with E-state index < -0.39 is 0 Å². The Morgan fingerprint density at radius 2 is 0.508 bits per heavy atom. The van der Waals surface area contributed by atoms with Crippen molar-refractivity contribution in [1.29, 1.82) is 0 Å². The summed E-state index contributed by atoms with van der Waals surface area (Å²) < 4.78 is 18.7. The van der Waals surface area contributed by atoms with E-state index in [1.54, 1.807) is 34.0 Å². The minimum absolute atomic E-state index is 0.0427. The Morgan fingerprint density at radius 1 is 0.235 bits per heavy atom. The zero-order valence-corrected chi connectivity index (χ0v) is 87.9. The van der Waals surface area contributed by atoms with Gasteiger partial charge < -0.3 is 28.4 Å². The van der Waals surface area contributed by atoms with Crippen LogP contribution >= 0.6 is 68.0 Å². The second kappa shape index (κ2) is 52.6.